The number of nitrogens with one attached hydrogen (secondary N) is 2. The number of halogens is 2. The van der Waals surface area contributed by atoms with Crippen LogP contribution in [0.4, 0.5) is 19.3 Å². The average Bonchev–Trinajstić information content (AvgIpc) is 2.12. The van der Waals surface area contributed by atoms with Crippen LogP contribution in [0.25, 0.3) is 0 Å². The molecule has 0 heterocycles. The van der Waals surface area contributed by atoms with Gasteiger partial charge in [-0.15, -0.1) is 0 Å². The van der Waals surface area contributed by atoms with Gasteiger partial charge in [-0.05, 0) is 12.1 Å². The molecule has 0 aliphatic carbocycles. The summed E-state index contributed by atoms with van der Waals surface area (Å²) in [5, 5.41) is 4.22. The number of hydrogen-bond donors (Lipinski definition) is 3. The first kappa shape index (κ1) is 11.9. The van der Waals surface area contributed by atoms with E-state index in [0.29, 0.717) is 6.07 Å². The Hall–Kier alpha value is -2.18. The van der Waals surface area contributed by atoms with E-state index in [0.717, 1.165) is 12.1 Å². The van der Waals surface area contributed by atoms with Crippen molar-refractivity contribution >= 4 is 17.6 Å². The third kappa shape index (κ3) is 3.91. The Kier molecular flexibility index (Phi) is 3.76. The largest absolute Gasteiger partial charge is 0.376 e. The summed E-state index contributed by atoms with van der Waals surface area (Å²) in [7, 11) is 0. The van der Waals surface area contributed by atoms with E-state index in [9.17, 15) is 18.4 Å². The summed E-state index contributed by atoms with van der Waals surface area (Å²) in [6.45, 7) is -0.314. The molecule has 1 rings (SSSR count). The van der Waals surface area contributed by atoms with Gasteiger partial charge in [-0.2, -0.15) is 0 Å². The first-order valence-electron chi connectivity index (χ1n) is 4.26. The lowest BCUT2D eigenvalue weighted by Gasteiger charge is -2.05. The van der Waals surface area contributed by atoms with Crippen LogP contribution in [0.2, 0.25) is 0 Å². The van der Waals surface area contributed by atoms with Crippen molar-refractivity contribution in [1.82, 2.24) is 5.32 Å². The Morgan fingerprint density at radius 3 is 2.25 bits per heavy atom. The van der Waals surface area contributed by atoms with Gasteiger partial charge in [0.05, 0.1) is 6.54 Å². The zero-order chi connectivity index (χ0) is 12.1. The predicted molar refractivity (Wildman–Crippen MR) is 52.6 cm³/mol. The van der Waals surface area contributed by atoms with E-state index in [-0.39, 0.29) is 12.2 Å². The lowest BCUT2D eigenvalue weighted by Crippen LogP contribution is -2.38. The van der Waals surface area contributed by atoms with Crippen LogP contribution >= 0.6 is 0 Å². The van der Waals surface area contributed by atoms with Crippen molar-refractivity contribution < 1.29 is 18.4 Å². The van der Waals surface area contributed by atoms with Crippen molar-refractivity contribution in [1.29, 1.82) is 0 Å². The molecule has 0 aromatic heterocycles. The van der Waals surface area contributed by atoms with Gasteiger partial charge in [0.25, 0.3) is 0 Å². The molecule has 7 heteroatoms. The molecule has 0 radical (unpaired) electrons. The van der Waals surface area contributed by atoms with Gasteiger partial charge in [0, 0.05) is 11.8 Å². The summed E-state index contributed by atoms with van der Waals surface area (Å²) >= 11 is 0. The van der Waals surface area contributed by atoms with E-state index >= 15 is 0 Å². The van der Waals surface area contributed by atoms with Crippen LogP contribution in [0.3, 0.4) is 0 Å². The highest BCUT2D eigenvalue weighted by atomic mass is 19.1. The average molecular weight is 229 g/mol. The smallest absolute Gasteiger partial charge is 0.318 e. The Morgan fingerprint density at radius 2 is 1.75 bits per heavy atom. The lowest BCUT2D eigenvalue weighted by molar-refractivity contribution is -0.118. The second-order valence-electron chi connectivity index (χ2n) is 2.92. The highest BCUT2D eigenvalue weighted by Crippen LogP contribution is 2.12. The Balaban J connectivity index is 2.54. The molecule has 5 nitrogen and oxygen atoms in total. The Morgan fingerprint density at radius 1 is 1.19 bits per heavy atom. The predicted octanol–water partition coefficient (Wildman–Crippen LogP) is 0.572. The van der Waals surface area contributed by atoms with Crippen molar-refractivity contribution in [3.8, 4) is 0 Å². The van der Waals surface area contributed by atoms with Gasteiger partial charge in [-0.3, -0.25) is 10.1 Å². The molecule has 0 spiro atoms. The third-order valence-electron chi connectivity index (χ3n) is 1.58. The standard InChI is InChI=1S/C9H9F2N3O2/c10-5-1-6(11)3-7(2-5)13-4-8(15)14-9(12)16/h1-3,13H,4H2,(H3,12,14,15,16). The minimum absolute atomic E-state index is 0.0946. The number of carbonyl (C=O) groups excluding carboxylic acids is 2. The molecule has 4 N–H and O–H groups in total. The molecule has 0 atom stereocenters. The number of urea groups is 1. The third-order valence-corrected chi connectivity index (χ3v) is 1.58. The lowest BCUT2D eigenvalue weighted by atomic mass is 10.3. The summed E-state index contributed by atoms with van der Waals surface area (Å²) < 4.78 is 25.4. The molecule has 1 aromatic carbocycles. The van der Waals surface area contributed by atoms with Gasteiger partial charge in [0.2, 0.25) is 5.91 Å². The summed E-state index contributed by atoms with van der Waals surface area (Å²) in [5.74, 6) is -2.23. The number of hydrogen-bond acceptors (Lipinski definition) is 3. The van der Waals surface area contributed by atoms with Gasteiger partial charge in [0.1, 0.15) is 11.6 Å². The molecule has 0 fully saturated rings. The van der Waals surface area contributed by atoms with E-state index in [1.54, 1.807) is 5.32 Å². The highest BCUT2D eigenvalue weighted by Gasteiger charge is 2.05. The molecule has 0 aliphatic heterocycles. The molecule has 0 saturated carbocycles. The Labute approximate surface area is 89.6 Å². The number of nitrogens with two attached hydrogens (primary N) is 1. The number of rotatable bonds is 3. The van der Waals surface area contributed by atoms with Crippen molar-refractivity contribution in [3.63, 3.8) is 0 Å². The van der Waals surface area contributed by atoms with Gasteiger partial charge >= 0.3 is 6.03 Å². The maximum absolute atomic E-state index is 12.7. The fraction of sp³-hybridized carbons (Fsp3) is 0.111. The molecule has 1 aromatic rings. The number of benzene rings is 1. The van der Waals surface area contributed by atoms with Crippen LogP contribution in [0.15, 0.2) is 18.2 Å². The monoisotopic (exact) mass is 229 g/mol. The van der Waals surface area contributed by atoms with Crippen LogP contribution in [0.5, 0.6) is 0 Å². The quantitative estimate of drug-likeness (QED) is 0.708. The summed E-state index contributed by atoms with van der Waals surface area (Å²) in [6.07, 6.45) is 0. The fourth-order valence-corrected chi connectivity index (χ4v) is 1.02. The molecule has 0 saturated heterocycles. The van der Waals surface area contributed by atoms with E-state index in [1.807, 2.05) is 0 Å². The SMILES string of the molecule is NC(=O)NC(=O)CNc1cc(F)cc(F)c1. The van der Waals surface area contributed by atoms with E-state index in [1.165, 1.54) is 0 Å². The normalized spacial score (nSPS) is 9.62. The molecule has 86 valence electrons. The van der Waals surface area contributed by atoms with Crippen LogP contribution in [0.1, 0.15) is 0 Å². The zero-order valence-corrected chi connectivity index (χ0v) is 8.09. The zero-order valence-electron chi connectivity index (χ0n) is 8.09. The van der Waals surface area contributed by atoms with Gasteiger partial charge < -0.3 is 11.1 Å². The molecular formula is C9H9F2N3O2. The number of anilines is 1. The van der Waals surface area contributed by atoms with E-state index < -0.39 is 23.6 Å². The molecule has 0 bridgehead atoms. The maximum Gasteiger partial charge on any atom is 0.318 e. The second kappa shape index (κ2) is 5.06. The first-order chi connectivity index (χ1) is 7.47. The van der Waals surface area contributed by atoms with Crippen molar-refractivity contribution in [2.24, 2.45) is 5.73 Å². The number of primary amides is 1. The fourth-order valence-electron chi connectivity index (χ4n) is 1.02. The highest BCUT2D eigenvalue weighted by molar-refractivity contribution is 5.95. The van der Waals surface area contributed by atoms with Crippen LogP contribution in [0, 0.1) is 11.6 Å². The van der Waals surface area contributed by atoms with Crippen LogP contribution in [-0.4, -0.2) is 18.5 Å². The summed E-state index contributed by atoms with van der Waals surface area (Å²) in [6, 6.07) is 1.74. The number of carbonyl (C=O) groups is 2. The van der Waals surface area contributed by atoms with Gasteiger partial charge in [-0.1, -0.05) is 0 Å². The molecule has 3 amide bonds. The molecule has 0 unspecified atom stereocenters. The number of imide groups is 1. The maximum atomic E-state index is 12.7. The Bertz CT molecular complexity index is 403. The van der Waals surface area contributed by atoms with Crippen LogP contribution in [-0.2, 0) is 4.79 Å². The summed E-state index contributed by atoms with van der Waals surface area (Å²) in [5.41, 5.74) is 4.79. The minimum Gasteiger partial charge on any atom is -0.376 e. The van der Waals surface area contributed by atoms with Gasteiger partial charge in [-0.25, -0.2) is 13.6 Å². The van der Waals surface area contributed by atoms with E-state index in [2.05, 4.69) is 5.32 Å². The van der Waals surface area contributed by atoms with Crippen LogP contribution < -0.4 is 16.4 Å². The first-order valence-corrected chi connectivity index (χ1v) is 4.26. The van der Waals surface area contributed by atoms with E-state index in [4.69, 9.17) is 5.73 Å². The van der Waals surface area contributed by atoms with Crippen molar-refractivity contribution in [2.75, 3.05) is 11.9 Å². The van der Waals surface area contributed by atoms with Crippen molar-refractivity contribution in [3.05, 3.63) is 29.8 Å². The molecule has 16 heavy (non-hydrogen) atoms. The number of amides is 3. The topological polar surface area (TPSA) is 84.2 Å². The molecule has 0 aliphatic rings. The van der Waals surface area contributed by atoms with Gasteiger partial charge in [0.15, 0.2) is 0 Å². The van der Waals surface area contributed by atoms with Crippen molar-refractivity contribution in [2.45, 2.75) is 0 Å². The minimum atomic E-state index is -0.989. The molecular weight excluding hydrogens is 220 g/mol. The summed E-state index contributed by atoms with van der Waals surface area (Å²) in [4.78, 5) is 21.2. The second-order valence-corrected chi connectivity index (χ2v) is 2.92.